The highest BCUT2D eigenvalue weighted by molar-refractivity contribution is 6.11. The fraction of sp³-hybridized carbons (Fsp3) is 0.303. The Morgan fingerprint density at radius 1 is 0.957 bits per heavy atom. The van der Waals surface area contributed by atoms with E-state index in [9.17, 15) is 37.1 Å². The molecule has 1 heterocycles. The number of hydrogen-bond donors (Lipinski definition) is 2. The van der Waals surface area contributed by atoms with E-state index in [4.69, 9.17) is 5.73 Å². The molecule has 3 aromatic carbocycles. The van der Waals surface area contributed by atoms with Crippen molar-refractivity contribution in [3.05, 3.63) is 101 Å². The summed E-state index contributed by atoms with van der Waals surface area (Å²) < 4.78 is 42.3. The molecule has 3 N–H and O–H groups in total. The molecule has 0 bridgehead atoms. The molecule has 242 valence electrons. The number of hydrogen-bond acceptors (Lipinski definition) is 7. The van der Waals surface area contributed by atoms with Gasteiger partial charge in [-0.25, -0.2) is 4.79 Å². The molecule has 0 aromatic heterocycles. The molecule has 0 radical (unpaired) electrons. The smallest absolute Gasteiger partial charge is 0.386 e. The van der Waals surface area contributed by atoms with Crippen LogP contribution in [0.1, 0.15) is 52.9 Å². The molecule has 46 heavy (non-hydrogen) atoms. The molecule has 10 nitrogen and oxygen atoms in total. The predicted molar refractivity (Wildman–Crippen MR) is 161 cm³/mol. The normalized spacial score (nSPS) is 15.5. The van der Waals surface area contributed by atoms with Crippen molar-refractivity contribution in [2.24, 2.45) is 5.73 Å². The van der Waals surface area contributed by atoms with E-state index in [-0.39, 0.29) is 43.1 Å². The molecule has 2 unspecified atom stereocenters. The van der Waals surface area contributed by atoms with Crippen molar-refractivity contribution >= 4 is 35.3 Å². The lowest BCUT2D eigenvalue weighted by molar-refractivity contribution is -0.202. The molecular weight excluding hydrogens is 605 g/mol. The number of esters is 2. The maximum absolute atomic E-state index is 14.5. The van der Waals surface area contributed by atoms with Crippen molar-refractivity contribution in [1.82, 2.24) is 10.2 Å². The number of benzene rings is 3. The van der Waals surface area contributed by atoms with Crippen molar-refractivity contribution in [3.63, 3.8) is 0 Å². The number of carbonyl (C=O) groups excluding carboxylic acids is 5. The van der Waals surface area contributed by atoms with Gasteiger partial charge in [-0.15, -0.1) is 0 Å². The number of amides is 3. The molecule has 13 heteroatoms. The topological polar surface area (TPSA) is 139 Å². The number of nitrogens with two attached hydrogens (primary N) is 1. The molecule has 4 rings (SSSR count). The van der Waals surface area contributed by atoms with Gasteiger partial charge >= 0.3 is 18.1 Å². The van der Waals surface area contributed by atoms with Crippen LogP contribution in [0.4, 0.5) is 18.9 Å². The van der Waals surface area contributed by atoms with Gasteiger partial charge in [-0.3, -0.25) is 19.2 Å². The third-order valence-electron chi connectivity index (χ3n) is 7.38. The molecule has 3 amide bonds. The van der Waals surface area contributed by atoms with Crippen molar-refractivity contribution in [2.75, 3.05) is 18.0 Å². The molecule has 1 aliphatic rings. The molecule has 1 aliphatic heterocycles. The summed E-state index contributed by atoms with van der Waals surface area (Å²) in [6.45, 7) is 2.05. The van der Waals surface area contributed by atoms with Gasteiger partial charge in [-0.1, -0.05) is 66.7 Å². The summed E-state index contributed by atoms with van der Waals surface area (Å²) in [5, 5.41) is 2.68. The first-order chi connectivity index (χ1) is 21.9. The number of aryl methyl sites for hydroxylation is 1. The van der Waals surface area contributed by atoms with E-state index in [1.165, 1.54) is 11.8 Å². The number of halogens is 3. The Hall–Kier alpha value is -5.04. The van der Waals surface area contributed by atoms with Gasteiger partial charge in [-0.05, 0) is 42.2 Å². The van der Waals surface area contributed by atoms with Crippen LogP contribution in [0.3, 0.4) is 0 Å². The van der Waals surface area contributed by atoms with Crippen LogP contribution in [0.2, 0.25) is 0 Å². The monoisotopic (exact) mass is 638 g/mol. The number of anilines is 1. The summed E-state index contributed by atoms with van der Waals surface area (Å²) in [5.74, 6) is -5.63. The second-order valence-corrected chi connectivity index (χ2v) is 10.7. The standard InChI is InChI=1S/C33H33F3N4O6/c1-21(18-28(42)46-32(45)33(34,35)36)40-29(24-10-6-3-7-11-24)31(44)39(20-23-8-4-2-5-9-23)26-14-12-22(19-25(26)30(40)43)13-15-27(41)38-17-16-37/h2-12,14,19,21,29H,13,15-18,20,37H2,1H3,(H,38,41). The summed E-state index contributed by atoms with van der Waals surface area (Å²) in [4.78, 5) is 67.6. The highest BCUT2D eigenvalue weighted by Gasteiger charge is 2.45. The quantitative estimate of drug-likeness (QED) is 0.240. The van der Waals surface area contributed by atoms with Gasteiger partial charge in [0.05, 0.1) is 24.2 Å². The number of alkyl halides is 3. The summed E-state index contributed by atoms with van der Waals surface area (Å²) in [6, 6.07) is 19.8. The minimum Gasteiger partial charge on any atom is -0.386 e. The van der Waals surface area contributed by atoms with Crippen LogP contribution in [-0.2, 0) is 36.9 Å². The minimum absolute atomic E-state index is 0.0779. The Morgan fingerprint density at radius 2 is 1.61 bits per heavy atom. The molecule has 0 spiro atoms. The van der Waals surface area contributed by atoms with Crippen molar-refractivity contribution in [3.8, 4) is 0 Å². The SMILES string of the molecule is CC(CC(=O)OC(=O)C(F)(F)F)N1C(=O)c2cc(CCC(=O)NCCN)ccc2N(Cc2ccccc2)C(=O)C1c1ccccc1. The van der Waals surface area contributed by atoms with E-state index < -0.39 is 48.4 Å². The van der Waals surface area contributed by atoms with Gasteiger partial charge in [-0.2, -0.15) is 13.2 Å². The Bertz CT molecular complexity index is 1580. The van der Waals surface area contributed by atoms with Gasteiger partial charge in [0.2, 0.25) is 5.91 Å². The van der Waals surface area contributed by atoms with Crippen molar-refractivity contribution in [1.29, 1.82) is 0 Å². The Morgan fingerprint density at radius 3 is 2.24 bits per heavy atom. The van der Waals surface area contributed by atoms with E-state index >= 15 is 0 Å². The van der Waals surface area contributed by atoms with Crippen LogP contribution in [0.15, 0.2) is 78.9 Å². The molecule has 0 saturated heterocycles. The van der Waals surface area contributed by atoms with E-state index in [2.05, 4.69) is 10.1 Å². The van der Waals surface area contributed by atoms with E-state index in [1.807, 2.05) is 18.2 Å². The van der Waals surface area contributed by atoms with Gasteiger partial charge < -0.3 is 25.6 Å². The summed E-state index contributed by atoms with van der Waals surface area (Å²) in [6.07, 6.45) is -5.84. The number of nitrogens with zero attached hydrogens (tertiary/aromatic N) is 2. The lowest BCUT2D eigenvalue weighted by Crippen LogP contribution is -2.47. The summed E-state index contributed by atoms with van der Waals surface area (Å²) in [5.41, 5.74) is 7.59. The maximum Gasteiger partial charge on any atom is 0.491 e. The van der Waals surface area contributed by atoms with Crippen molar-refractivity contribution < 1.29 is 41.9 Å². The summed E-state index contributed by atoms with van der Waals surface area (Å²) >= 11 is 0. The Balaban J connectivity index is 1.79. The van der Waals surface area contributed by atoms with E-state index in [0.717, 1.165) is 10.5 Å². The number of carbonyl (C=O) groups is 5. The van der Waals surface area contributed by atoms with Gasteiger partial charge in [0.1, 0.15) is 6.04 Å². The van der Waals surface area contributed by atoms with Gasteiger partial charge in [0.15, 0.2) is 0 Å². The number of nitrogens with one attached hydrogen (secondary N) is 1. The van der Waals surface area contributed by atoms with E-state index in [0.29, 0.717) is 17.7 Å². The molecule has 2 atom stereocenters. The van der Waals surface area contributed by atoms with Crippen LogP contribution < -0.4 is 16.0 Å². The Labute approximate surface area is 263 Å². The third-order valence-corrected chi connectivity index (χ3v) is 7.38. The van der Waals surface area contributed by atoms with Gasteiger partial charge in [0, 0.05) is 25.6 Å². The Kier molecular flexibility index (Phi) is 10.9. The molecule has 0 fully saturated rings. The first-order valence-electron chi connectivity index (χ1n) is 14.5. The lowest BCUT2D eigenvalue weighted by Gasteiger charge is -2.35. The number of ether oxygens (including phenoxy) is 1. The zero-order chi connectivity index (χ0) is 33.4. The van der Waals surface area contributed by atoms with Crippen LogP contribution >= 0.6 is 0 Å². The predicted octanol–water partition coefficient (Wildman–Crippen LogP) is 3.84. The van der Waals surface area contributed by atoms with E-state index in [1.54, 1.807) is 60.7 Å². The molecular formula is C33H33F3N4O6. The van der Waals surface area contributed by atoms with Crippen LogP contribution in [-0.4, -0.2) is 59.9 Å². The largest absolute Gasteiger partial charge is 0.491 e. The zero-order valence-corrected chi connectivity index (χ0v) is 25.0. The molecule has 3 aromatic rings. The fourth-order valence-corrected chi connectivity index (χ4v) is 5.21. The second kappa shape index (κ2) is 14.8. The summed E-state index contributed by atoms with van der Waals surface area (Å²) in [7, 11) is 0. The van der Waals surface area contributed by atoms with Crippen LogP contribution in [0.5, 0.6) is 0 Å². The first kappa shape index (κ1) is 33.8. The maximum atomic E-state index is 14.5. The average molecular weight is 639 g/mol. The highest BCUT2D eigenvalue weighted by atomic mass is 19.4. The van der Waals surface area contributed by atoms with Crippen LogP contribution in [0, 0.1) is 0 Å². The van der Waals surface area contributed by atoms with Crippen molar-refractivity contribution in [2.45, 2.75) is 51.0 Å². The molecule has 0 aliphatic carbocycles. The van der Waals surface area contributed by atoms with Gasteiger partial charge in [0.25, 0.3) is 11.8 Å². The fourth-order valence-electron chi connectivity index (χ4n) is 5.21. The lowest BCUT2D eigenvalue weighted by atomic mass is 10.00. The first-order valence-corrected chi connectivity index (χ1v) is 14.5. The highest BCUT2D eigenvalue weighted by Crippen LogP contribution is 2.38. The second-order valence-electron chi connectivity index (χ2n) is 10.7. The average Bonchev–Trinajstić information content (AvgIpc) is 3.11. The minimum atomic E-state index is -5.39. The third kappa shape index (κ3) is 8.16. The zero-order valence-electron chi connectivity index (χ0n) is 25.0. The number of rotatable bonds is 11. The number of fused-ring (bicyclic) bond motifs is 1. The molecule has 0 saturated carbocycles. The van der Waals surface area contributed by atoms with Crippen LogP contribution in [0.25, 0.3) is 0 Å².